The summed E-state index contributed by atoms with van der Waals surface area (Å²) in [5.41, 5.74) is 5.79. The van der Waals surface area contributed by atoms with Crippen LogP contribution in [0.4, 0.5) is 0 Å². The molecule has 6 nitrogen and oxygen atoms in total. The molecule has 0 bridgehead atoms. The molecule has 3 N–H and O–H groups in total. The first-order chi connectivity index (χ1) is 8.51. The van der Waals surface area contributed by atoms with Gasteiger partial charge in [-0.2, -0.15) is 11.8 Å². The van der Waals surface area contributed by atoms with Crippen molar-refractivity contribution >= 4 is 29.5 Å². The Labute approximate surface area is 111 Å². The average Bonchev–Trinajstić information content (AvgIpc) is 2.34. The zero-order chi connectivity index (χ0) is 13.7. The van der Waals surface area contributed by atoms with Gasteiger partial charge in [-0.05, 0) is 24.9 Å². The van der Waals surface area contributed by atoms with E-state index in [1.165, 1.54) is 4.90 Å². The van der Waals surface area contributed by atoms with E-state index >= 15 is 0 Å². The second-order valence-electron chi connectivity index (χ2n) is 4.19. The Bertz CT molecular complexity index is 348. The lowest BCUT2D eigenvalue weighted by atomic mass is 10.1. The van der Waals surface area contributed by atoms with Crippen molar-refractivity contribution in [3.8, 4) is 0 Å². The standard InChI is InChI=1S/C11H19N3O3S/c1-3-8-10(16)13-9(15)6-14(8)11(17)7(12)4-5-18-2/h7-8H,3-6,12H2,1-2H3,(H,13,15,16)/t7-,8?/m1/s1. The second-order valence-corrected chi connectivity index (χ2v) is 5.18. The molecule has 0 aromatic carbocycles. The van der Waals surface area contributed by atoms with E-state index in [4.69, 9.17) is 5.73 Å². The first-order valence-electron chi connectivity index (χ1n) is 5.90. The Morgan fingerprint density at radius 2 is 2.28 bits per heavy atom. The van der Waals surface area contributed by atoms with Crippen molar-refractivity contribution in [3.05, 3.63) is 0 Å². The second kappa shape index (κ2) is 6.75. The maximum absolute atomic E-state index is 12.1. The fourth-order valence-electron chi connectivity index (χ4n) is 1.89. The molecular weight excluding hydrogens is 254 g/mol. The van der Waals surface area contributed by atoms with Crippen molar-refractivity contribution in [2.24, 2.45) is 5.73 Å². The monoisotopic (exact) mass is 273 g/mol. The molecule has 1 fully saturated rings. The van der Waals surface area contributed by atoms with Crippen LogP contribution in [0.1, 0.15) is 19.8 Å². The summed E-state index contributed by atoms with van der Waals surface area (Å²) in [6.07, 6.45) is 2.95. The average molecular weight is 273 g/mol. The highest BCUT2D eigenvalue weighted by Gasteiger charge is 2.37. The third kappa shape index (κ3) is 3.46. The number of hydrogen-bond acceptors (Lipinski definition) is 5. The number of amides is 3. The van der Waals surface area contributed by atoms with E-state index in [1.54, 1.807) is 18.7 Å². The molecule has 0 aromatic rings. The molecule has 7 heteroatoms. The van der Waals surface area contributed by atoms with Gasteiger partial charge in [0.15, 0.2) is 0 Å². The number of nitrogens with two attached hydrogens (primary N) is 1. The van der Waals surface area contributed by atoms with Crippen molar-refractivity contribution in [1.82, 2.24) is 10.2 Å². The summed E-state index contributed by atoms with van der Waals surface area (Å²) < 4.78 is 0. The molecular formula is C11H19N3O3S. The minimum atomic E-state index is -0.648. The molecule has 0 saturated carbocycles. The van der Waals surface area contributed by atoms with E-state index in [-0.39, 0.29) is 12.5 Å². The Morgan fingerprint density at radius 3 is 2.83 bits per heavy atom. The summed E-state index contributed by atoms with van der Waals surface area (Å²) in [5, 5.41) is 2.23. The van der Waals surface area contributed by atoms with Crippen LogP contribution in [0.25, 0.3) is 0 Å². The van der Waals surface area contributed by atoms with Crippen LogP contribution in [0.3, 0.4) is 0 Å². The summed E-state index contributed by atoms with van der Waals surface area (Å²) in [4.78, 5) is 36.4. The minimum absolute atomic E-state index is 0.0873. The molecule has 0 spiro atoms. The molecule has 2 atom stereocenters. The molecule has 1 rings (SSSR count). The van der Waals surface area contributed by atoms with Gasteiger partial charge in [-0.3, -0.25) is 19.7 Å². The molecule has 102 valence electrons. The van der Waals surface area contributed by atoms with E-state index in [0.29, 0.717) is 12.8 Å². The predicted octanol–water partition coefficient (Wildman–Crippen LogP) is -0.670. The number of nitrogens with one attached hydrogen (secondary N) is 1. The first-order valence-corrected chi connectivity index (χ1v) is 7.29. The Balaban J connectivity index is 2.74. The number of carbonyl (C=O) groups is 3. The summed E-state index contributed by atoms with van der Waals surface area (Å²) in [6.45, 7) is 1.71. The number of thioether (sulfide) groups is 1. The molecule has 1 unspecified atom stereocenters. The molecule has 1 aliphatic heterocycles. The molecule has 1 aliphatic rings. The maximum atomic E-state index is 12.1. The highest BCUT2D eigenvalue weighted by molar-refractivity contribution is 7.98. The zero-order valence-electron chi connectivity index (χ0n) is 10.6. The van der Waals surface area contributed by atoms with Gasteiger partial charge in [-0.15, -0.1) is 0 Å². The number of rotatable bonds is 5. The maximum Gasteiger partial charge on any atom is 0.249 e. The van der Waals surface area contributed by atoms with Crippen LogP contribution < -0.4 is 11.1 Å². The Kier molecular flexibility index (Phi) is 5.61. The van der Waals surface area contributed by atoms with Gasteiger partial charge < -0.3 is 10.6 Å². The number of piperazine rings is 1. The highest BCUT2D eigenvalue weighted by atomic mass is 32.2. The molecule has 0 radical (unpaired) electrons. The van der Waals surface area contributed by atoms with Crippen LogP contribution >= 0.6 is 11.8 Å². The smallest absolute Gasteiger partial charge is 0.249 e. The lowest BCUT2D eigenvalue weighted by Crippen LogP contribution is -2.62. The summed E-state index contributed by atoms with van der Waals surface area (Å²) in [7, 11) is 0. The van der Waals surface area contributed by atoms with Crippen molar-refractivity contribution in [2.75, 3.05) is 18.6 Å². The summed E-state index contributed by atoms with van der Waals surface area (Å²) in [5.74, 6) is -0.411. The lowest BCUT2D eigenvalue weighted by Gasteiger charge is -2.34. The van der Waals surface area contributed by atoms with Crippen LogP contribution in [0.15, 0.2) is 0 Å². The van der Waals surface area contributed by atoms with Gasteiger partial charge in [0.2, 0.25) is 17.7 Å². The normalized spacial score (nSPS) is 21.7. The fourth-order valence-corrected chi connectivity index (χ4v) is 2.37. The van der Waals surface area contributed by atoms with Crippen molar-refractivity contribution < 1.29 is 14.4 Å². The molecule has 0 aliphatic carbocycles. The van der Waals surface area contributed by atoms with Gasteiger partial charge in [-0.25, -0.2) is 0 Å². The van der Waals surface area contributed by atoms with Crippen LogP contribution in [0.5, 0.6) is 0 Å². The van der Waals surface area contributed by atoms with E-state index < -0.39 is 23.9 Å². The van der Waals surface area contributed by atoms with Gasteiger partial charge in [0.25, 0.3) is 0 Å². The number of imide groups is 1. The van der Waals surface area contributed by atoms with E-state index in [2.05, 4.69) is 5.32 Å². The molecule has 3 amide bonds. The van der Waals surface area contributed by atoms with Crippen molar-refractivity contribution in [3.63, 3.8) is 0 Å². The lowest BCUT2D eigenvalue weighted by molar-refractivity contribution is -0.150. The van der Waals surface area contributed by atoms with Gasteiger partial charge in [0, 0.05) is 0 Å². The molecule has 1 saturated heterocycles. The number of carbonyl (C=O) groups excluding carboxylic acids is 3. The van der Waals surface area contributed by atoms with Crippen LogP contribution in [0, 0.1) is 0 Å². The fraction of sp³-hybridized carbons (Fsp3) is 0.727. The third-order valence-electron chi connectivity index (χ3n) is 2.88. The van der Waals surface area contributed by atoms with E-state index in [1.807, 2.05) is 6.26 Å². The van der Waals surface area contributed by atoms with Crippen LogP contribution in [-0.2, 0) is 14.4 Å². The third-order valence-corrected chi connectivity index (χ3v) is 3.52. The van der Waals surface area contributed by atoms with Gasteiger partial charge >= 0.3 is 0 Å². The van der Waals surface area contributed by atoms with E-state index in [9.17, 15) is 14.4 Å². The van der Waals surface area contributed by atoms with Gasteiger partial charge in [0.05, 0.1) is 6.04 Å². The van der Waals surface area contributed by atoms with E-state index in [0.717, 1.165) is 5.75 Å². The molecule has 1 heterocycles. The van der Waals surface area contributed by atoms with Crippen molar-refractivity contribution in [1.29, 1.82) is 0 Å². The molecule has 0 aromatic heterocycles. The Hall–Kier alpha value is -1.08. The summed E-state index contributed by atoms with van der Waals surface area (Å²) >= 11 is 1.60. The SMILES string of the molecule is CCC1C(=O)NC(=O)CN1C(=O)[C@H](N)CCSC. The van der Waals surface area contributed by atoms with Crippen LogP contribution in [-0.4, -0.2) is 53.3 Å². The molecule has 18 heavy (non-hydrogen) atoms. The predicted molar refractivity (Wildman–Crippen MR) is 69.9 cm³/mol. The topological polar surface area (TPSA) is 92.5 Å². The highest BCUT2D eigenvalue weighted by Crippen LogP contribution is 2.12. The van der Waals surface area contributed by atoms with Gasteiger partial charge in [-0.1, -0.05) is 6.92 Å². The number of hydrogen-bond donors (Lipinski definition) is 2. The first kappa shape index (κ1) is 15.0. The van der Waals surface area contributed by atoms with Gasteiger partial charge in [0.1, 0.15) is 12.6 Å². The summed E-state index contributed by atoms with van der Waals surface area (Å²) in [6, 6.07) is -1.24. The van der Waals surface area contributed by atoms with Crippen LogP contribution in [0.2, 0.25) is 0 Å². The number of nitrogens with zero attached hydrogens (tertiary/aromatic N) is 1. The largest absolute Gasteiger partial charge is 0.320 e. The zero-order valence-corrected chi connectivity index (χ0v) is 11.5. The Morgan fingerprint density at radius 1 is 1.61 bits per heavy atom. The minimum Gasteiger partial charge on any atom is -0.320 e. The quantitative estimate of drug-likeness (QED) is 0.648. The van der Waals surface area contributed by atoms with Crippen molar-refractivity contribution in [2.45, 2.75) is 31.8 Å².